The average molecular weight is 192 g/mol. The monoisotopic (exact) mass is 192 g/mol. The minimum absolute atomic E-state index is 0.134. The van der Waals surface area contributed by atoms with Crippen LogP contribution in [0, 0.1) is 10.1 Å². The number of nitro benzene ring substituents is 1. The molecule has 72 valence electrons. The maximum atomic E-state index is 10.5. The molecule has 0 radical (unpaired) electrons. The maximum Gasteiger partial charge on any atom is 0.276 e. The molecule has 1 aromatic rings. The Morgan fingerprint density at radius 1 is 1.36 bits per heavy atom. The smallest absolute Gasteiger partial charge is 0.276 e. The number of hydrogen-bond acceptors (Lipinski definition) is 4. The van der Waals surface area contributed by atoms with E-state index in [1.165, 1.54) is 18.2 Å². The Morgan fingerprint density at radius 3 is 2.57 bits per heavy atom. The second-order valence-electron chi connectivity index (χ2n) is 2.47. The molecule has 1 rings (SSSR count). The van der Waals surface area contributed by atoms with E-state index >= 15 is 0 Å². The van der Waals surface area contributed by atoms with Gasteiger partial charge < -0.3 is 9.90 Å². The molecule has 0 amide bonds. The predicted molar refractivity (Wildman–Crippen MR) is 47.1 cm³/mol. The van der Waals surface area contributed by atoms with Gasteiger partial charge in [-0.25, -0.2) is 0 Å². The van der Waals surface area contributed by atoms with Crippen molar-refractivity contribution in [3.05, 3.63) is 46.0 Å². The molecule has 1 aromatic carbocycles. The summed E-state index contributed by atoms with van der Waals surface area (Å²) < 4.78 is 0. The van der Waals surface area contributed by atoms with Gasteiger partial charge in [-0.05, 0) is 18.2 Å². The van der Waals surface area contributed by atoms with E-state index in [1.54, 1.807) is 6.07 Å². The van der Waals surface area contributed by atoms with Crippen molar-refractivity contribution in [2.75, 3.05) is 0 Å². The zero-order chi connectivity index (χ0) is 10.6. The molecular formula is C9H6NO4-. The number of nitrogens with zero attached hydrogens (tertiary/aromatic N) is 1. The highest BCUT2D eigenvalue weighted by Crippen LogP contribution is 2.18. The summed E-state index contributed by atoms with van der Waals surface area (Å²) in [5.74, 6) is -1.39. The van der Waals surface area contributed by atoms with Crippen LogP contribution < -0.4 is 5.11 Å². The zero-order valence-electron chi connectivity index (χ0n) is 7.04. The van der Waals surface area contributed by atoms with Gasteiger partial charge >= 0.3 is 0 Å². The van der Waals surface area contributed by atoms with E-state index in [9.17, 15) is 20.0 Å². The van der Waals surface area contributed by atoms with E-state index in [0.717, 1.165) is 12.2 Å². The molecule has 0 saturated heterocycles. The Hall–Kier alpha value is -2.17. The van der Waals surface area contributed by atoms with E-state index in [4.69, 9.17) is 0 Å². The maximum absolute atomic E-state index is 10.5. The first kappa shape index (κ1) is 9.91. The van der Waals surface area contributed by atoms with Crippen molar-refractivity contribution in [3.8, 4) is 0 Å². The summed E-state index contributed by atoms with van der Waals surface area (Å²) in [7, 11) is 0. The Labute approximate surface area is 79.4 Å². The van der Waals surface area contributed by atoms with Crippen molar-refractivity contribution in [1.82, 2.24) is 0 Å². The Bertz CT molecular complexity index is 398. The lowest BCUT2D eigenvalue weighted by molar-refractivity contribution is -0.385. The number of hydrogen-bond donors (Lipinski definition) is 0. The lowest BCUT2D eigenvalue weighted by Crippen LogP contribution is -2.18. The van der Waals surface area contributed by atoms with Gasteiger partial charge in [0.05, 0.1) is 16.5 Å². The standard InChI is InChI=1S/C9H7NO4/c11-9(12)6-5-7-3-1-2-4-8(7)10(13)14/h1-6H,(H,11,12)/p-1/b6-5-. The average Bonchev–Trinajstić information content (AvgIpc) is 2.15. The van der Waals surface area contributed by atoms with Gasteiger partial charge in [-0.15, -0.1) is 0 Å². The molecule has 5 nitrogen and oxygen atoms in total. The van der Waals surface area contributed by atoms with Crippen LogP contribution in [0.2, 0.25) is 0 Å². The molecule has 0 aliphatic carbocycles. The van der Waals surface area contributed by atoms with Gasteiger partial charge in [-0.1, -0.05) is 12.1 Å². The SMILES string of the molecule is O=C([O-])/C=C\c1ccccc1[N+](=O)[O-]. The molecule has 0 aliphatic heterocycles. The summed E-state index contributed by atoms with van der Waals surface area (Å²) in [6.07, 6.45) is 1.88. The van der Waals surface area contributed by atoms with Crippen LogP contribution in [0.25, 0.3) is 6.08 Å². The number of benzene rings is 1. The molecule has 0 unspecified atom stereocenters. The first-order chi connectivity index (χ1) is 6.61. The zero-order valence-corrected chi connectivity index (χ0v) is 7.04. The molecule has 0 N–H and O–H groups in total. The van der Waals surface area contributed by atoms with E-state index in [2.05, 4.69) is 0 Å². The number of nitro groups is 1. The Morgan fingerprint density at radius 2 is 2.00 bits per heavy atom. The van der Waals surface area contributed by atoms with E-state index < -0.39 is 10.9 Å². The van der Waals surface area contributed by atoms with Gasteiger partial charge in [0, 0.05) is 6.07 Å². The molecule has 14 heavy (non-hydrogen) atoms. The van der Waals surface area contributed by atoms with Crippen molar-refractivity contribution in [3.63, 3.8) is 0 Å². The van der Waals surface area contributed by atoms with Crippen LogP contribution in [-0.4, -0.2) is 10.9 Å². The third-order valence-electron chi connectivity index (χ3n) is 1.53. The van der Waals surface area contributed by atoms with E-state index in [0.29, 0.717) is 0 Å². The first-order valence-corrected chi connectivity index (χ1v) is 3.74. The fourth-order valence-electron chi connectivity index (χ4n) is 0.953. The summed E-state index contributed by atoms with van der Waals surface area (Å²) in [5, 5.41) is 20.6. The van der Waals surface area contributed by atoms with Crippen molar-refractivity contribution in [2.24, 2.45) is 0 Å². The number of carboxylic acid groups (broad SMARTS) is 1. The minimum atomic E-state index is -1.39. The quantitative estimate of drug-likeness (QED) is 0.393. The molecule has 5 heteroatoms. The summed E-state index contributed by atoms with van der Waals surface area (Å²) in [5.41, 5.74) is 0.103. The first-order valence-electron chi connectivity index (χ1n) is 3.74. The number of aliphatic carboxylic acids is 1. The van der Waals surface area contributed by atoms with Crippen LogP contribution in [0.3, 0.4) is 0 Å². The Balaban J connectivity index is 3.07. The molecule has 0 atom stereocenters. The molecule has 0 bridgehead atoms. The largest absolute Gasteiger partial charge is 0.545 e. The third-order valence-corrected chi connectivity index (χ3v) is 1.53. The lowest BCUT2D eigenvalue weighted by Gasteiger charge is -1.96. The molecule has 0 heterocycles. The molecular weight excluding hydrogens is 186 g/mol. The normalized spacial score (nSPS) is 10.3. The van der Waals surface area contributed by atoms with Crippen molar-refractivity contribution in [1.29, 1.82) is 0 Å². The minimum Gasteiger partial charge on any atom is -0.545 e. The summed E-state index contributed by atoms with van der Waals surface area (Å²) in [6, 6.07) is 5.85. The molecule has 0 saturated carbocycles. The van der Waals surface area contributed by atoms with E-state index in [-0.39, 0.29) is 11.3 Å². The van der Waals surface area contributed by atoms with Gasteiger partial charge in [-0.3, -0.25) is 10.1 Å². The number of rotatable bonds is 3. The van der Waals surface area contributed by atoms with Gasteiger partial charge in [0.25, 0.3) is 5.69 Å². The highest BCUT2D eigenvalue weighted by molar-refractivity contribution is 5.84. The number of carbonyl (C=O) groups is 1. The van der Waals surface area contributed by atoms with Gasteiger partial charge in [0.15, 0.2) is 0 Å². The predicted octanol–water partition coefficient (Wildman–Crippen LogP) is 0.358. The van der Waals surface area contributed by atoms with Crippen LogP contribution in [0.1, 0.15) is 5.56 Å². The fraction of sp³-hybridized carbons (Fsp3) is 0. The summed E-state index contributed by atoms with van der Waals surface area (Å²) >= 11 is 0. The molecule has 0 spiro atoms. The fourth-order valence-corrected chi connectivity index (χ4v) is 0.953. The number of carboxylic acids is 1. The molecule has 0 aliphatic rings. The van der Waals surface area contributed by atoms with Crippen LogP contribution in [0.5, 0.6) is 0 Å². The van der Waals surface area contributed by atoms with Crippen molar-refractivity contribution in [2.45, 2.75) is 0 Å². The van der Waals surface area contributed by atoms with Crippen LogP contribution in [-0.2, 0) is 4.79 Å². The summed E-state index contributed by atoms with van der Waals surface area (Å²) in [6.45, 7) is 0. The molecule has 0 aromatic heterocycles. The number of carbonyl (C=O) groups excluding carboxylic acids is 1. The van der Waals surface area contributed by atoms with Crippen molar-refractivity contribution < 1.29 is 14.8 Å². The van der Waals surface area contributed by atoms with Gasteiger partial charge in [0.2, 0.25) is 0 Å². The number of para-hydroxylation sites is 1. The van der Waals surface area contributed by atoms with Gasteiger partial charge in [-0.2, -0.15) is 0 Å². The lowest BCUT2D eigenvalue weighted by atomic mass is 10.1. The van der Waals surface area contributed by atoms with Gasteiger partial charge in [0.1, 0.15) is 0 Å². The highest BCUT2D eigenvalue weighted by Gasteiger charge is 2.08. The topological polar surface area (TPSA) is 83.3 Å². The van der Waals surface area contributed by atoms with E-state index in [1.807, 2.05) is 0 Å². The third kappa shape index (κ3) is 2.41. The second kappa shape index (κ2) is 4.18. The van der Waals surface area contributed by atoms with Crippen LogP contribution in [0.15, 0.2) is 30.3 Å². The Kier molecular flexibility index (Phi) is 2.96. The highest BCUT2D eigenvalue weighted by atomic mass is 16.6. The van der Waals surface area contributed by atoms with Crippen molar-refractivity contribution >= 4 is 17.7 Å². The molecule has 0 fully saturated rings. The second-order valence-corrected chi connectivity index (χ2v) is 2.47. The summed E-state index contributed by atoms with van der Waals surface area (Å²) in [4.78, 5) is 20.0. The van der Waals surface area contributed by atoms with Crippen LogP contribution in [0.4, 0.5) is 5.69 Å². The van der Waals surface area contributed by atoms with Crippen LogP contribution >= 0.6 is 0 Å².